The molecule has 2 rings (SSSR count). The summed E-state index contributed by atoms with van der Waals surface area (Å²) < 4.78 is 5.16. The number of ether oxygens (including phenoxy) is 1. The van der Waals surface area contributed by atoms with Crippen molar-refractivity contribution in [2.45, 2.75) is 0 Å². The fourth-order valence-electron chi connectivity index (χ4n) is 1.81. The minimum absolute atomic E-state index is 0.00627. The minimum Gasteiger partial charge on any atom is -0.495 e. The van der Waals surface area contributed by atoms with Crippen LogP contribution in [0, 0.1) is 11.3 Å². The number of amides is 1. The Balaban J connectivity index is 2.22. The molecule has 0 atom stereocenters. The van der Waals surface area contributed by atoms with Crippen LogP contribution in [0.4, 0.5) is 5.69 Å². The predicted octanol–water partition coefficient (Wildman–Crippen LogP) is 3.89. The van der Waals surface area contributed by atoms with E-state index in [1.807, 2.05) is 6.07 Å². The quantitative estimate of drug-likeness (QED) is 0.688. The van der Waals surface area contributed by atoms with Gasteiger partial charge in [-0.3, -0.25) is 4.79 Å². The van der Waals surface area contributed by atoms with E-state index >= 15 is 0 Å². The predicted molar refractivity (Wildman–Crippen MR) is 86.7 cm³/mol. The molecule has 0 aliphatic carbocycles. The number of anilines is 1. The van der Waals surface area contributed by atoms with Crippen molar-refractivity contribution in [3.63, 3.8) is 0 Å². The van der Waals surface area contributed by atoms with E-state index < -0.39 is 5.91 Å². The van der Waals surface area contributed by atoms with E-state index in [0.29, 0.717) is 16.5 Å². The van der Waals surface area contributed by atoms with Crippen LogP contribution in [0.15, 0.2) is 54.1 Å². The van der Waals surface area contributed by atoms with Crippen molar-refractivity contribution in [2.75, 3.05) is 12.4 Å². The second-order valence-electron chi connectivity index (χ2n) is 4.38. The lowest BCUT2D eigenvalue weighted by Gasteiger charge is -2.09. The molecule has 0 aliphatic rings. The molecule has 110 valence electrons. The van der Waals surface area contributed by atoms with E-state index in [1.165, 1.54) is 13.2 Å². The van der Waals surface area contributed by atoms with Gasteiger partial charge in [0.25, 0.3) is 5.91 Å². The second kappa shape index (κ2) is 7.30. The van der Waals surface area contributed by atoms with E-state index in [1.54, 1.807) is 48.5 Å². The third-order valence-electron chi connectivity index (χ3n) is 2.90. The highest BCUT2D eigenvalue weighted by Gasteiger charge is 2.11. The number of nitrogens with zero attached hydrogens (tertiary/aromatic N) is 1. The van der Waals surface area contributed by atoms with Crippen LogP contribution >= 0.6 is 11.6 Å². The van der Waals surface area contributed by atoms with Gasteiger partial charge >= 0.3 is 0 Å². The highest BCUT2D eigenvalue weighted by molar-refractivity contribution is 6.30. The Hall–Kier alpha value is -2.77. The molecule has 0 heterocycles. The van der Waals surface area contributed by atoms with Crippen LogP contribution in [0.5, 0.6) is 5.75 Å². The first kappa shape index (κ1) is 15.6. The van der Waals surface area contributed by atoms with Crippen molar-refractivity contribution < 1.29 is 9.53 Å². The average Bonchev–Trinajstić information content (AvgIpc) is 2.54. The lowest BCUT2D eigenvalue weighted by molar-refractivity contribution is -0.112. The zero-order valence-electron chi connectivity index (χ0n) is 11.8. The summed E-state index contributed by atoms with van der Waals surface area (Å²) in [5.74, 6) is 0.0292. The Morgan fingerprint density at radius 3 is 2.55 bits per heavy atom. The van der Waals surface area contributed by atoms with Crippen molar-refractivity contribution in [3.05, 3.63) is 64.7 Å². The zero-order valence-corrected chi connectivity index (χ0v) is 12.6. The molecule has 2 aromatic rings. The number of nitrogens with one attached hydrogen (secondary N) is 1. The molecule has 2 aromatic carbocycles. The Kier molecular flexibility index (Phi) is 5.18. The van der Waals surface area contributed by atoms with E-state index in [0.717, 1.165) is 5.56 Å². The summed E-state index contributed by atoms with van der Waals surface area (Å²) in [6, 6.07) is 15.7. The van der Waals surface area contributed by atoms with Gasteiger partial charge in [-0.15, -0.1) is 0 Å². The SMILES string of the molecule is COc1ccccc1NC(=O)C(C#N)=Cc1ccc(Cl)cc1. The third kappa shape index (κ3) is 3.87. The van der Waals surface area contributed by atoms with Gasteiger partial charge in [0.15, 0.2) is 0 Å². The molecule has 0 spiro atoms. The lowest BCUT2D eigenvalue weighted by atomic mass is 10.1. The van der Waals surface area contributed by atoms with E-state index in [-0.39, 0.29) is 5.57 Å². The molecule has 0 fully saturated rings. The normalized spacial score (nSPS) is 10.7. The highest BCUT2D eigenvalue weighted by atomic mass is 35.5. The monoisotopic (exact) mass is 312 g/mol. The van der Waals surface area contributed by atoms with Gasteiger partial charge in [0.05, 0.1) is 12.8 Å². The maximum absolute atomic E-state index is 12.2. The summed E-state index contributed by atoms with van der Waals surface area (Å²) >= 11 is 5.81. The smallest absolute Gasteiger partial charge is 0.266 e. The van der Waals surface area contributed by atoms with Crippen molar-refractivity contribution in [1.29, 1.82) is 5.26 Å². The molecule has 22 heavy (non-hydrogen) atoms. The molecule has 5 heteroatoms. The summed E-state index contributed by atoms with van der Waals surface area (Å²) in [5.41, 5.74) is 1.22. The Labute approximate surface area is 133 Å². The first-order valence-electron chi connectivity index (χ1n) is 6.46. The fraction of sp³-hybridized carbons (Fsp3) is 0.0588. The second-order valence-corrected chi connectivity index (χ2v) is 4.81. The molecule has 1 amide bonds. The zero-order chi connectivity index (χ0) is 15.9. The van der Waals surface area contributed by atoms with Gasteiger partial charge in [0.1, 0.15) is 17.4 Å². The number of para-hydroxylation sites is 2. The molecule has 1 N–H and O–H groups in total. The molecule has 0 unspecified atom stereocenters. The van der Waals surface area contributed by atoms with Gasteiger partial charge in [-0.1, -0.05) is 35.9 Å². The summed E-state index contributed by atoms with van der Waals surface area (Å²) in [7, 11) is 1.51. The fourth-order valence-corrected chi connectivity index (χ4v) is 1.94. The van der Waals surface area contributed by atoms with Crippen LogP contribution in [0.3, 0.4) is 0 Å². The number of rotatable bonds is 4. The number of hydrogen-bond acceptors (Lipinski definition) is 3. The van der Waals surface area contributed by atoms with Gasteiger partial charge in [-0.25, -0.2) is 0 Å². The van der Waals surface area contributed by atoms with Crippen LogP contribution in [0.25, 0.3) is 6.08 Å². The molecule has 0 saturated carbocycles. The van der Waals surface area contributed by atoms with Crippen molar-refractivity contribution in [2.24, 2.45) is 0 Å². The summed E-state index contributed by atoms with van der Waals surface area (Å²) in [4.78, 5) is 12.2. The van der Waals surface area contributed by atoms with Gasteiger partial charge in [0.2, 0.25) is 0 Å². The molecule has 0 aromatic heterocycles. The van der Waals surface area contributed by atoms with Crippen LogP contribution in [-0.2, 0) is 4.79 Å². The number of halogens is 1. The van der Waals surface area contributed by atoms with Gasteiger partial charge < -0.3 is 10.1 Å². The van der Waals surface area contributed by atoms with E-state index in [9.17, 15) is 10.1 Å². The molecule has 0 aliphatic heterocycles. The van der Waals surface area contributed by atoms with Gasteiger partial charge in [0, 0.05) is 5.02 Å². The molecule has 0 radical (unpaired) electrons. The lowest BCUT2D eigenvalue weighted by Crippen LogP contribution is -2.14. The molecule has 0 bridgehead atoms. The Morgan fingerprint density at radius 2 is 1.91 bits per heavy atom. The number of methoxy groups -OCH3 is 1. The topological polar surface area (TPSA) is 62.1 Å². The summed E-state index contributed by atoms with van der Waals surface area (Å²) in [6.07, 6.45) is 1.50. The number of nitriles is 1. The number of hydrogen-bond donors (Lipinski definition) is 1. The van der Waals surface area contributed by atoms with E-state index in [4.69, 9.17) is 16.3 Å². The van der Waals surface area contributed by atoms with Crippen molar-refractivity contribution >= 4 is 29.3 Å². The standard InChI is InChI=1S/C17H13ClN2O2/c1-22-16-5-3-2-4-15(16)20-17(21)13(11-19)10-12-6-8-14(18)9-7-12/h2-10H,1H3,(H,20,21). The van der Waals surface area contributed by atoms with Crippen molar-refractivity contribution in [3.8, 4) is 11.8 Å². The maximum Gasteiger partial charge on any atom is 0.266 e. The van der Waals surface area contributed by atoms with Gasteiger partial charge in [-0.2, -0.15) is 5.26 Å². The van der Waals surface area contributed by atoms with Crippen LogP contribution < -0.4 is 10.1 Å². The minimum atomic E-state index is -0.498. The number of carbonyl (C=O) groups excluding carboxylic acids is 1. The van der Waals surface area contributed by atoms with Crippen molar-refractivity contribution in [1.82, 2.24) is 0 Å². The number of carbonyl (C=O) groups is 1. The molecule has 4 nitrogen and oxygen atoms in total. The first-order valence-corrected chi connectivity index (χ1v) is 6.83. The Bertz CT molecular complexity index is 746. The largest absolute Gasteiger partial charge is 0.495 e. The molecular formula is C17H13ClN2O2. The first-order chi connectivity index (χ1) is 10.6. The van der Waals surface area contributed by atoms with E-state index in [2.05, 4.69) is 5.32 Å². The summed E-state index contributed by atoms with van der Waals surface area (Å²) in [5, 5.41) is 12.4. The average molecular weight is 313 g/mol. The van der Waals surface area contributed by atoms with Crippen LogP contribution in [0.1, 0.15) is 5.56 Å². The maximum atomic E-state index is 12.2. The summed E-state index contributed by atoms with van der Waals surface area (Å²) in [6.45, 7) is 0. The van der Waals surface area contributed by atoms with Crippen LogP contribution in [0.2, 0.25) is 5.02 Å². The molecule has 0 saturated heterocycles. The van der Waals surface area contributed by atoms with Crippen LogP contribution in [-0.4, -0.2) is 13.0 Å². The number of benzene rings is 2. The third-order valence-corrected chi connectivity index (χ3v) is 3.15. The molecular weight excluding hydrogens is 300 g/mol. The highest BCUT2D eigenvalue weighted by Crippen LogP contribution is 2.23. The van der Waals surface area contributed by atoms with Gasteiger partial charge in [-0.05, 0) is 35.9 Å². The Morgan fingerprint density at radius 1 is 1.23 bits per heavy atom.